The van der Waals surface area contributed by atoms with Gasteiger partial charge in [0.1, 0.15) is 30.0 Å². The summed E-state index contributed by atoms with van der Waals surface area (Å²) in [7, 11) is 3.36. The van der Waals surface area contributed by atoms with E-state index in [0.29, 0.717) is 18.7 Å². The maximum absolute atomic E-state index is 10.4. The largest absolute Gasteiger partial charge is 0.497 e. The topological polar surface area (TPSA) is 78.2 Å². The van der Waals surface area contributed by atoms with E-state index in [-0.39, 0.29) is 6.61 Å². The van der Waals surface area contributed by atoms with E-state index in [0.717, 1.165) is 55.3 Å². The molecule has 0 bridgehead atoms. The molecule has 7 nitrogen and oxygen atoms in total. The van der Waals surface area contributed by atoms with Crippen LogP contribution in [0.2, 0.25) is 0 Å². The van der Waals surface area contributed by atoms with Gasteiger partial charge in [-0.05, 0) is 35.9 Å². The molecule has 0 amide bonds. The fourth-order valence-electron chi connectivity index (χ4n) is 3.71. The van der Waals surface area contributed by atoms with Crippen molar-refractivity contribution in [1.29, 1.82) is 5.26 Å². The van der Waals surface area contributed by atoms with E-state index in [9.17, 15) is 5.11 Å². The summed E-state index contributed by atoms with van der Waals surface area (Å²) in [5.74, 6) is 2.41. The summed E-state index contributed by atoms with van der Waals surface area (Å²) in [6.45, 7) is 5.28. The first-order valence-corrected chi connectivity index (χ1v) is 10.5. The molecule has 1 N–H and O–H groups in total. The first kappa shape index (κ1) is 22.9. The van der Waals surface area contributed by atoms with Gasteiger partial charge in [0, 0.05) is 44.8 Å². The molecule has 0 unspecified atom stereocenters. The summed E-state index contributed by atoms with van der Waals surface area (Å²) >= 11 is 0. The van der Waals surface area contributed by atoms with Crippen LogP contribution >= 0.6 is 0 Å². The number of aliphatic hydroxyl groups excluding tert-OH is 1. The number of aliphatic hydroxyl groups is 1. The zero-order valence-corrected chi connectivity index (χ0v) is 18.3. The van der Waals surface area contributed by atoms with Crippen molar-refractivity contribution in [3.8, 4) is 23.3 Å². The van der Waals surface area contributed by atoms with Crippen molar-refractivity contribution in [2.24, 2.45) is 0 Å². The van der Waals surface area contributed by atoms with Crippen LogP contribution in [0, 0.1) is 11.3 Å². The SMILES string of the molecule is COc1ccc(OC)c(CN2CCN(C[C@H](O)COc3ccc(CC#N)cc3)CC2)c1. The predicted molar refractivity (Wildman–Crippen MR) is 119 cm³/mol. The molecule has 3 rings (SSSR count). The minimum Gasteiger partial charge on any atom is -0.497 e. The second-order valence-corrected chi connectivity index (χ2v) is 7.70. The summed E-state index contributed by atoms with van der Waals surface area (Å²) in [5.41, 5.74) is 2.07. The van der Waals surface area contributed by atoms with Crippen LogP contribution in [-0.2, 0) is 13.0 Å². The van der Waals surface area contributed by atoms with Gasteiger partial charge in [-0.1, -0.05) is 12.1 Å². The third-order valence-corrected chi connectivity index (χ3v) is 5.46. The van der Waals surface area contributed by atoms with Crippen molar-refractivity contribution in [1.82, 2.24) is 9.80 Å². The van der Waals surface area contributed by atoms with Crippen LogP contribution in [0.4, 0.5) is 0 Å². The Morgan fingerprint density at radius 3 is 2.29 bits per heavy atom. The number of hydrogen-bond acceptors (Lipinski definition) is 7. The fourth-order valence-corrected chi connectivity index (χ4v) is 3.71. The second kappa shape index (κ2) is 11.6. The number of β-amino-alcohol motifs (C(OH)–C–C–N with tert-alkyl or cyclic N) is 1. The Balaban J connectivity index is 1.41. The van der Waals surface area contributed by atoms with Crippen LogP contribution in [0.15, 0.2) is 42.5 Å². The number of nitrogens with zero attached hydrogens (tertiary/aromatic N) is 3. The molecule has 1 aliphatic rings. The van der Waals surface area contributed by atoms with Crippen LogP contribution in [0.3, 0.4) is 0 Å². The Morgan fingerprint density at radius 1 is 0.968 bits per heavy atom. The average molecular weight is 426 g/mol. The summed E-state index contributed by atoms with van der Waals surface area (Å²) in [5, 5.41) is 19.1. The lowest BCUT2D eigenvalue weighted by molar-refractivity contribution is 0.0445. The van der Waals surface area contributed by atoms with Gasteiger partial charge in [-0.25, -0.2) is 0 Å². The summed E-state index contributed by atoms with van der Waals surface area (Å²) in [6.07, 6.45) is -0.164. The Bertz CT molecular complexity index is 858. The predicted octanol–water partition coefficient (Wildman–Crippen LogP) is 2.33. The molecule has 1 heterocycles. The van der Waals surface area contributed by atoms with Gasteiger partial charge >= 0.3 is 0 Å². The van der Waals surface area contributed by atoms with E-state index >= 15 is 0 Å². The lowest BCUT2D eigenvalue weighted by Gasteiger charge is -2.35. The molecule has 2 aromatic rings. The number of rotatable bonds is 10. The van der Waals surface area contributed by atoms with Gasteiger partial charge in [-0.3, -0.25) is 9.80 Å². The van der Waals surface area contributed by atoms with E-state index in [2.05, 4.69) is 15.9 Å². The Hall–Kier alpha value is -2.79. The average Bonchev–Trinajstić information content (AvgIpc) is 2.80. The molecule has 166 valence electrons. The molecule has 0 aliphatic carbocycles. The van der Waals surface area contributed by atoms with Gasteiger partial charge in [0.2, 0.25) is 0 Å². The van der Waals surface area contributed by atoms with Gasteiger partial charge in [-0.15, -0.1) is 0 Å². The van der Waals surface area contributed by atoms with Crippen LogP contribution in [0.25, 0.3) is 0 Å². The molecule has 0 saturated carbocycles. The molecular weight excluding hydrogens is 394 g/mol. The minimum atomic E-state index is -0.552. The highest BCUT2D eigenvalue weighted by atomic mass is 16.5. The van der Waals surface area contributed by atoms with Gasteiger partial charge in [0.25, 0.3) is 0 Å². The van der Waals surface area contributed by atoms with Crippen LogP contribution in [0.5, 0.6) is 17.2 Å². The smallest absolute Gasteiger partial charge is 0.123 e. The van der Waals surface area contributed by atoms with E-state index in [1.807, 2.05) is 42.5 Å². The molecule has 0 aromatic heterocycles. The normalized spacial score (nSPS) is 15.8. The van der Waals surface area contributed by atoms with Gasteiger partial charge in [-0.2, -0.15) is 5.26 Å². The Morgan fingerprint density at radius 2 is 1.65 bits per heavy atom. The first-order valence-electron chi connectivity index (χ1n) is 10.5. The van der Waals surface area contributed by atoms with Crippen molar-refractivity contribution in [3.63, 3.8) is 0 Å². The fraction of sp³-hybridized carbons (Fsp3) is 0.458. The lowest BCUT2D eigenvalue weighted by atomic mass is 10.1. The molecule has 2 aromatic carbocycles. The summed E-state index contributed by atoms with van der Waals surface area (Å²) < 4.78 is 16.5. The standard InChI is InChI=1S/C24H31N3O4/c1-29-23-7-8-24(30-2)20(15-23)16-26-11-13-27(14-12-26)17-21(28)18-31-22-5-3-19(4-6-22)9-10-25/h3-8,15,21,28H,9,11-14,16-18H2,1-2H3/t21-/m0/s1. The molecule has 31 heavy (non-hydrogen) atoms. The van der Waals surface area contributed by atoms with E-state index in [4.69, 9.17) is 19.5 Å². The minimum absolute atomic E-state index is 0.249. The maximum atomic E-state index is 10.4. The molecule has 0 radical (unpaired) electrons. The highest BCUT2D eigenvalue weighted by Gasteiger charge is 2.20. The monoisotopic (exact) mass is 425 g/mol. The number of nitriles is 1. The molecule has 0 spiro atoms. The zero-order valence-electron chi connectivity index (χ0n) is 18.3. The zero-order chi connectivity index (χ0) is 22.1. The summed E-state index contributed by atoms with van der Waals surface area (Å²) in [6, 6.07) is 15.4. The van der Waals surface area contributed by atoms with E-state index < -0.39 is 6.10 Å². The molecule has 1 saturated heterocycles. The van der Waals surface area contributed by atoms with Gasteiger partial charge < -0.3 is 19.3 Å². The molecule has 1 aliphatic heterocycles. The van der Waals surface area contributed by atoms with E-state index in [1.165, 1.54) is 0 Å². The van der Waals surface area contributed by atoms with Crippen LogP contribution in [0.1, 0.15) is 11.1 Å². The van der Waals surface area contributed by atoms with Crippen molar-refractivity contribution in [2.75, 3.05) is 53.6 Å². The molecular formula is C24H31N3O4. The summed E-state index contributed by atoms with van der Waals surface area (Å²) in [4.78, 5) is 4.66. The molecule has 1 fully saturated rings. The van der Waals surface area contributed by atoms with Gasteiger partial charge in [0.15, 0.2) is 0 Å². The number of ether oxygens (including phenoxy) is 3. The van der Waals surface area contributed by atoms with Crippen LogP contribution in [-0.4, -0.2) is 74.6 Å². The van der Waals surface area contributed by atoms with Crippen molar-refractivity contribution < 1.29 is 19.3 Å². The molecule has 7 heteroatoms. The van der Waals surface area contributed by atoms with Crippen molar-refractivity contribution >= 4 is 0 Å². The Labute approximate surface area is 184 Å². The van der Waals surface area contributed by atoms with Crippen molar-refractivity contribution in [2.45, 2.75) is 19.1 Å². The quantitative estimate of drug-likeness (QED) is 0.626. The molecule has 1 atom stereocenters. The highest BCUT2D eigenvalue weighted by molar-refractivity contribution is 5.40. The Kier molecular flexibility index (Phi) is 8.53. The van der Waals surface area contributed by atoms with E-state index in [1.54, 1.807) is 14.2 Å². The highest BCUT2D eigenvalue weighted by Crippen LogP contribution is 2.25. The van der Waals surface area contributed by atoms with Crippen LogP contribution < -0.4 is 14.2 Å². The first-order chi connectivity index (χ1) is 15.1. The second-order valence-electron chi connectivity index (χ2n) is 7.70. The maximum Gasteiger partial charge on any atom is 0.123 e. The number of methoxy groups -OCH3 is 2. The number of piperazine rings is 1. The number of benzene rings is 2. The number of hydrogen-bond donors (Lipinski definition) is 1. The lowest BCUT2D eigenvalue weighted by Crippen LogP contribution is -2.48. The van der Waals surface area contributed by atoms with Gasteiger partial charge in [0.05, 0.1) is 26.7 Å². The van der Waals surface area contributed by atoms with Crippen molar-refractivity contribution in [3.05, 3.63) is 53.6 Å². The third kappa shape index (κ3) is 6.86. The third-order valence-electron chi connectivity index (χ3n) is 5.46.